The molecule has 1 saturated heterocycles. The van der Waals surface area contributed by atoms with E-state index in [4.69, 9.17) is 4.52 Å². The Hall–Kier alpha value is -3.83. The fourth-order valence-corrected chi connectivity index (χ4v) is 4.45. The van der Waals surface area contributed by atoms with Crippen LogP contribution in [-0.2, 0) is 20.9 Å². The molecule has 2 heterocycles. The molecule has 12 heteroatoms. The molecule has 2 N–H and O–H groups in total. The van der Waals surface area contributed by atoms with Crippen molar-refractivity contribution in [1.29, 1.82) is 0 Å². The Morgan fingerprint density at radius 3 is 2.59 bits per heavy atom. The molecule has 3 atom stereocenters. The third-order valence-corrected chi connectivity index (χ3v) is 7.01. The van der Waals surface area contributed by atoms with Gasteiger partial charge in [0, 0.05) is 50.3 Å². The van der Waals surface area contributed by atoms with E-state index in [0.29, 0.717) is 12.3 Å². The molecule has 0 spiro atoms. The molecular weight excluding hydrogens is 512 g/mol. The van der Waals surface area contributed by atoms with Crippen LogP contribution in [-0.4, -0.2) is 70.3 Å². The van der Waals surface area contributed by atoms with Crippen molar-refractivity contribution in [1.82, 2.24) is 25.6 Å². The van der Waals surface area contributed by atoms with Crippen molar-refractivity contribution in [2.75, 3.05) is 13.6 Å². The van der Waals surface area contributed by atoms with Crippen molar-refractivity contribution in [3.8, 4) is 0 Å². The molecular formula is C27H35F2N5O5. The average Bonchev–Trinajstić information content (AvgIpc) is 3.35. The number of amides is 4. The van der Waals surface area contributed by atoms with Gasteiger partial charge in [-0.1, -0.05) is 11.2 Å². The molecule has 0 aliphatic carbocycles. The molecule has 1 aromatic heterocycles. The lowest BCUT2D eigenvalue weighted by atomic mass is 10.0. The first-order valence-corrected chi connectivity index (χ1v) is 13.0. The van der Waals surface area contributed by atoms with Gasteiger partial charge in [0.05, 0.1) is 0 Å². The second kappa shape index (κ2) is 13.3. The summed E-state index contributed by atoms with van der Waals surface area (Å²) in [5.74, 6) is -3.04. The summed E-state index contributed by atoms with van der Waals surface area (Å²) < 4.78 is 32.0. The second-order valence-electron chi connectivity index (χ2n) is 9.90. The first kappa shape index (κ1) is 29.7. The number of nitrogens with one attached hydrogen (secondary N) is 2. The molecule has 10 nitrogen and oxygen atoms in total. The molecule has 4 amide bonds. The Morgan fingerprint density at radius 2 is 1.95 bits per heavy atom. The van der Waals surface area contributed by atoms with Gasteiger partial charge in [0.15, 0.2) is 5.69 Å². The number of aromatic nitrogens is 1. The van der Waals surface area contributed by atoms with Crippen molar-refractivity contribution in [2.24, 2.45) is 0 Å². The van der Waals surface area contributed by atoms with Crippen molar-refractivity contribution in [2.45, 2.75) is 77.5 Å². The number of hydrogen-bond acceptors (Lipinski definition) is 6. The quantitative estimate of drug-likeness (QED) is 0.471. The highest BCUT2D eigenvalue weighted by atomic mass is 19.1. The molecule has 1 fully saturated rings. The monoisotopic (exact) mass is 547 g/mol. The minimum atomic E-state index is -1.12. The fourth-order valence-electron chi connectivity index (χ4n) is 4.45. The van der Waals surface area contributed by atoms with Crippen LogP contribution in [0.1, 0.15) is 67.8 Å². The zero-order chi connectivity index (χ0) is 28.7. The fraction of sp³-hybridized carbons (Fsp3) is 0.519. The van der Waals surface area contributed by atoms with Crippen LogP contribution < -0.4 is 10.6 Å². The van der Waals surface area contributed by atoms with Crippen LogP contribution in [0.5, 0.6) is 0 Å². The maximum Gasteiger partial charge on any atom is 0.274 e. The summed E-state index contributed by atoms with van der Waals surface area (Å²) >= 11 is 0. The van der Waals surface area contributed by atoms with E-state index in [9.17, 15) is 28.0 Å². The van der Waals surface area contributed by atoms with Gasteiger partial charge in [-0.05, 0) is 52.5 Å². The molecule has 2 aromatic rings. The van der Waals surface area contributed by atoms with Gasteiger partial charge in [-0.2, -0.15) is 0 Å². The number of likely N-dealkylation sites (tertiary alicyclic amines) is 1. The first-order valence-electron chi connectivity index (χ1n) is 13.0. The van der Waals surface area contributed by atoms with Crippen LogP contribution in [0.25, 0.3) is 0 Å². The largest absolute Gasteiger partial charge is 0.361 e. The van der Waals surface area contributed by atoms with E-state index in [1.54, 1.807) is 11.8 Å². The number of rotatable bonds is 10. The summed E-state index contributed by atoms with van der Waals surface area (Å²) in [6.07, 6.45) is 2.92. The van der Waals surface area contributed by atoms with E-state index in [-0.39, 0.29) is 42.6 Å². The molecule has 1 aliphatic heterocycles. The number of aryl methyl sites for hydroxylation is 1. The van der Waals surface area contributed by atoms with Crippen LogP contribution in [0.3, 0.4) is 0 Å². The second-order valence-corrected chi connectivity index (χ2v) is 9.90. The van der Waals surface area contributed by atoms with E-state index in [1.807, 2.05) is 6.92 Å². The molecule has 1 aromatic carbocycles. The number of piperidine rings is 1. The summed E-state index contributed by atoms with van der Waals surface area (Å²) in [6.45, 7) is 5.53. The van der Waals surface area contributed by atoms with Crippen LogP contribution in [0, 0.1) is 18.6 Å². The van der Waals surface area contributed by atoms with E-state index in [0.717, 1.165) is 36.3 Å². The third kappa shape index (κ3) is 7.84. The average molecular weight is 548 g/mol. The minimum absolute atomic E-state index is 0.0168. The van der Waals surface area contributed by atoms with E-state index < -0.39 is 41.4 Å². The minimum Gasteiger partial charge on any atom is -0.361 e. The highest BCUT2D eigenvalue weighted by Gasteiger charge is 2.32. The van der Waals surface area contributed by atoms with Gasteiger partial charge >= 0.3 is 0 Å². The van der Waals surface area contributed by atoms with Crippen molar-refractivity contribution in [3.63, 3.8) is 0 Å². The number of likely N-dealkylation sites (N-methyl/N-ethyl adjacent to an activating group) is 1. The standard InChI is InChI=1S/C27H35F2N5O5/c1-16-7-5-6-12-34(16)24(35)11-10-22(31-26(37)23-13-17(2)39-32-23)27(38)33(4)18(3)25(36)30-15-19-8-9-20(28)14-21(19)29/h8-9,13-14,16,18,22H,5-7,10-12,15H2,1-4H3,(H,30,36)(H,31,37)/t16?,18-,22-/m0/s1. The summed E-state index contributed by atoms with van der Waals surface area (Å²) in [5.41, 5.74) is 0.0699. The van der Waals surface area contributed by atoms with Crippen LogP contribution >= 0.6 is 0 Å². The molecule has 1 aliphatic rings. The number of halogens is 2. The normalized spacial score (nSPS) is 16.8. The SMILES string of the molecule is Cc1cc(C(=O)N[C@@H](CCC(=O)N2CCCCC2C)C(=O)N(C)[C@@H](C)C(=O)NCc2ccc(F)cc2F)no1. The lowest BCUT2D eigenvalue weighted by Gasteiger charge is -2.34. The molecule has 0 radical (unpaired) electrons. The van der Waals surface area contributed by atoms with Gasteiger partial charge < -0.3 is 25.0 Å². The number of benzene rings is 1. The van der Waals surface area contributed by atoms with Gasteiger partial charge in [-0.15, -0.1) is 0 Å². The molecule has 39 heavy (non-hydrogen) atoms. The lowest BCUT2D eigenvalue weighted by Crippen LogP contribution is -2.53. The Bertz CT molecular complexity index is 1200. The first-order chi connectivity index (χ1) is 18.5. The van der Waals surface area contributed by atoms with Crippen molar-refractivity contribution < 1.29 is 32.5 Å². The van der Waals surface area contributed by atoms with E-state index in [1.165, 1.54) is 26.1 Å². The number of nitrogens with zero attached hydrogens (tertiary/aromatic N) is 3. The lowest BCUT2D eigenvalue weighted by molar-refractivity contribution is -0.140. The molecule has 0 bridgehead atoms. The van der Waals surface area contributed by atoms with Crippen molar-refractivity contribution >= 4 is 23.6 Å². The van der Waals surface area contributed by atoms with Gasteiger partial charge in [0.1, 0.15) is 29.5 Å². The van der Waals surface area contributed by atoms with Crippen LogP contribution in [0.4, 0.5) is 8.78 Å². The van der Waals surface area contributed by atoms with Gasteiger partial charge in [0.25, 0.3) is 5.91 Å². The Balaban J connectivity index is 1.67. The predicted octanol–water partition coefficient (Wildman–Crippen LogP) is 2.70. The maximum absolute atomic E-state index is 13.9. The van der Waals surface area contributed by atoms with E-state index in [2.05, 4.69) is 15.8 Å². The zero-order valence-electron chi connectivity index (χ0n) is 22.6. The summed E-state index contributed by atoms with van der Waals surface area (Å²) in [7, 11) is 1.40. The van der Waals surface area contributed by atoms with E-state index >= 15 is 0 Å². The highest BCUT2D eigenvalue weighted by Crippen LogP contribution is 2.19. The zero-order valence-corrected chi connectivity index (χ0v) is 22.6. The van der Waals surface area contributed by atoms with Crippen LogP contribution in [0.15, 0.2) is 28.8 Å². The summed E-state index contributed by atoms with van der Waals surface area (Å²) in [4.78, 5) is 54.8. The van der Waals surface area contributed by atoms with Gasteiger partial charge in [-0.3, -0.25) is 19.2 Å². The third-order valence-electron chi connectivity index (χ3n) is 7.01. The highest BCUT2D eigenvalue weighted by molar-refractivity contribution is 5.97. The van der Waals surface area contributed by atoms with Crippen molar-refractivity contribution in [3.05, 3.63) is 52.9 Å². The van der Waals surface area contributed by atoms with Gasteiger partial charge in [-0.25, -0.2) is 8.78 Å². The Kier molecular flexibility index (Phi) is 10.1. The van der Waals surface area contributed by atoms with Gasteiger partial charge in [0.2, 0.25) is 17.7 Å². The predicted molar refractivity (Wildman–Crippen MR) is 137 cm³/mol. The molecule has 3 rings (SSSR count). The maximum atomic E-state index is 13.9. The summed E-state index contributed by atoms with van der Waals surface area (Å²) in [6, 6.07) is 2.44. The number of hydrogen-bond donors (Lipinski definition) is 2. The smallest absolute Gasteiger partial charge is 0.274 e. The Morgan fingerprint density at radius 1 is 1.21 bits per heavy atom. The molecule has 1 unspecified atom stereocenters. The number of carbonyl (C=O) groups excluding carboxylic acids is 4. The number of carbonyl (C=O) groups is 4. The molecule has 0 saturated carbocycles. The summed E-state index contributed by atoms with van der Waals surface area (Å²) in [5, 5.41) is 8.83. The topological polar surface area (TPSA) is 125 Å². The van der Waals surface area contributed by atoms with Crippen LogP contribution in [0.2, 0.25) is 0 Å². The Labute approximate surface area is 226 Å². The molecule has 212 valence electrons.